The van der Waals surface area contributed by atoms with Crippen molar-refractivity contribution in [3.8, 4) is 17.2 Å². The van der Waals surface area contributed by atoms with E-state index in [1.807, 2.05) is 0 Å². The van der Waals surface area contributed by atoms with Crippen molar-refractivity contribution in [1.29, 1.82) is 0 Å². The minimum absolute atomic E-state index is 0.0276. The summed E-state index contributed by atoms with van der Waals surface area (Å²) in [5.41, 5.74) is 12.0. The first-order valence-electron chi connectivity index (χ1n) is 12.3. The fourth-order valence-electron chi connectivity index (χ4n) is 4.67. The Bertz CT molecular complexity index is 1350. The van der Waals surface area contributed by atoms with Gasteiger partial charge in [-0.05, 0) is 66.8 Å². The number of hydrogen-bond donors (Lipinski definition) is 3. The van der Waals surface area contributed by atoms with Gasteiger partial charge in [0.25, 0.3) is 11.8 Å². The number of methoxy groups -OCH3 is 3. The number of rotatable bonds is 10. The van der Waals surface area contributed by atoms with Crippen LogP contribution in [0.25, 0.3) is 0 Å². The molecule has 1 aromatic heterocycles. The Morgan fingerprint density at radius 2 is 1.64 bits per heavy atom. The highest BCUT2D eigenvalue weighted by Gasteiger charge is 2.38. The molecule has 4 rings (SSSR count). The molecule has 3 amide bonds. The quantitative estimate of drug-likeness (QED) is 0.345. The van der Waals surface area contributed by atoms with Crippen molar-refractivity contribution in [2.75, 3.05) is 32.0 Å². The summed E-state index contributed by atoms with van der Waals surface area (Å²) in [6.45, 7) is 0. The Labute approximate surface area is 230 Å². The third-order valence-corrected chi connectivity index (χ3v) is 7.52. The summed E-state index contributed by atoms with van der Waals surface area (Å²) in [5, 5.41) is 3.11. The number of nitrogens with two attached hydrogens (primary N) is 2. The van der Waals surface area contributed by atoms with Crippen LogP contribution >= 0.6 is 11.5 Å². The molecule has 39 heavy (non-hydrogen) atoms. The van der Waals surface area contributed by atoms with E-state index in [2.05, 4.69) is 9.69 Å². The number of benzene rings is 2. The smallest absolute Gasteiger partial charge is 0.273 e. The first-order valence-corrected chi connectivity index (χ1v) is 13.1. The molecule has 5 N–H and O–H groups in total. The summed E-state index contributed by atoms with van der Waals surface area (Å²) in [6, 6.07) is 10.5. The van der Waals surface area contributed by atoms with Gasteiger partial charge in [0.2, 0.25) is 5.91 Å². The minimum atomic E-state index is -1.20. The van der Waals surface area contributed by atoms with E-state index < -0.39 is 23.8 Å². The molecule has 0 saturated heterocycles. The number of nitrogen functional groups attached to an aromatic ring is 1. The van der Waals surface area contributed by atoms with Gasteiger partial charge in [-0.15, -0.1) is 0 Å². The highest BCUT2D eigenvalue weighted by Crippen LogP contribution is 2.39. The molecule has 1 aliphatic rings. The lowest BCUT2D eigenvalue weighted by molar-refractivity contribution is -0.123. The second-order valence-corrected chi connectivity index (χ2v) is 9.79. The maximum Gasteiger partial charge on any atom is 0.273 e. The van der Waals surface area contributed by atoms with Crippen LogP contribution in [0.5, 0.6) is 17.2 Å². The Hall–Kier alpha value is -4.32. The Morgan fingerprint density at radius 3 is 2.21 bits per heavy atom. The van der Waals surface area contributed by atoms with Gasteiger partial charge in [0.1, 0.15) is 28.2 Å². The van der Waals surface area contributed by atoms with Crippen molar-refractivity contribution in [2.24, 2.45) is 5.73 Å². The summed E-state index contributed by atoms with van der Waals surface area (Å²) in [7, 11) is 4.52. The second-order valence-electron chi connectivity index (χ2n) is 9.01. The molecule has 0 radical (unpaired) electrons. The average Bonchev–Trinajstić information content (AvgIpc) is 3.60. The first-order chi connectivity index (χ1) is 18.8. The molecule has 1 aliphatic carbocycles. The molecule has 3 aromatic rings. The molecule has 0 bridgehead atoms. The number of nitrogens with zero attached hydrogens (tertiary/aromatic N) is 2. The maximum atomic E-state index is 14.2. The third kappa shape index (κ3) is 5.75. The zero-order valence-electron chi connectivity index (χ0n) is 21.9. The zero-order valence-corrected chi connectivity index (χ0v) is 22.7. The van der Waals surface area contributed by atoms with Gasteiger partial charge < -0.3 is 31.0 Å². The molecule has 1 saturated carbocycles. The van der Waals surface area contributed by atoms with Gasteiger partial charge in [0.05, 0.1) is 27.0 Å². The normalized spacial score (nSPS) is 13.9. The molecule has 206 valence electrons. The zero-order chi connectivity index (χ0) is 28.1. The van der Waals surface area contributed by atoms with Crippen molar-refractivity contribution >= 4 is 40.6 Å². The molecule has 0 aliphatic heterocycles. The van der Waals surface area contributed by atoms with E-state index in [0.29, 0.717) is 28.5 Å². The number of carbonyl (C=O) groups is 3. The van der Waals surface area contributed by atoms with Crippen LogP contribution in [0.3, 0.4) is 0 Å². The predicted octanol–water partition coefficient (Wildman–Crippen LogP) is 3.30. The van der Waals surface area contributed by atoms with Gasteiger partial charge in [0.15, 0.2) is 5.69 Å². The van der Waals surface area contributed by atoms with Crippen molar-refractivity contribution in [1.82, 2.24) is 9.69 Å². The molecule has 2 aromatic carbocycles. The van der Waals surface area contributed by atoms with Gasteiger partial charge in [-0.1, -0.05) is 12.8 Å². The van der Waals surface area contributed by atoms with Crippen LogP contribution in [0, 0.1) is 0 Å². The third-order valence-electron chi connectivity index (χ3n) is 6.66. The van der Waals surface area contributed by atoms with Crippen LogP contribution in [-0.4, -0.2) is 49.5 Å². The molecule has 0 spiro atoms. The van der Waals surface area contributed by atoms with Crippen LogP contribution in [0.1, 0.15) is 57.4 Å². The number of aromatic nitrogens is 1. The largest absolute Gasteiger partial charge is 0.497 e. The first kappa shape index (κ1) is 27.7. The highest BCUT2D eigenvalue weighted by molar-refractivity contribution is 7.09. The monoisotopic (exact) mass is 553 g/mol. The van der Waals surface area contributed by atoms with Crippen LogP contribution in [0.15, 0.2) is 42.5 Å². The Morgan fingerprint density at radius 1 is 1.00 bits per heavy atom. The second kappa shape index (κ2) is 12.0. The highest BCUT2D eigenvalue weighted by atomic mass is 32.1. The summed E-state index contributed by atoms with van der Waals surface area (Å²) in [6.07, 6.45) is 3.70. The molecular weight excluding hydrogens is 522 g/mol. The molecular formula is C27H31N5O6S. The topological polar surface area (TPSA) is 159 Å². The number of anilines is 2. The Balaban J connectivity index is 1.93. The number of amides is 3. The lowest BCUT2D eigenvalue weighted by atomic mass is 10.00. The van der Waals surface area contributed by atoms with Gasteiger partial charge in [-0.2, -0.15) is 4.37 Å². The van der Waals surface area contributed by atoms with Crippen LogP contribution in [0.2, 0.25) is 0 Å². The maximum absolute atomic E-state index is 14.2. The standard InChI is InChI=1S/C27H31N5O6S/c1-36-17-10-8-16(9-11-17)32(27(35)24-21(28)22(25(29)33)31-39-24)23(26(34)30-15-6-4-5-7-15)19-14-18(37-2)12-13-20(19)38-3/h8-15,23H,4-7,28H2,1-3H3,(H2,29,33)(H,30,34)/t23-/m1/s1. The molecule has 0 unspecified atom stereocenters. The number of ether oxygens (including phenoxy) is 3. The lowest BCUT2D eigenvalue weighted by Crippen LogP contribution is -2.46. The van der Waals surface area contributed by atoms with Crippen molar-refractivity contribution in [3.63, 3.8) is 0 Å². The average molecular weight is 554 g/mol. The van der Waals surface area contributed by atoms with Gasteiger partial charge in [0, 0.05) is 17.3 Å². The van der Waals surface area contributed by atoms with E-state index in [0.717, 1.165) is 37.2 Å². The fraction of sp³-hybridized carbons (Fsp3) is 0.333. The molecule has 1 fully saturated rings. The summed E-state index contributed by atoms with van der Waals surface area (Å²) in [4.78, 5) is 41.5. The predicted molar refractivity (Wildman–Crippen MR) is 148 cm³/mol. The van der Waals surface area contributed by atoms with E-state index in [1.54, 1.807) is 42.5 Å². The van der Waals surface area contributed by atoms with Gasteiger partial charge >= 0.3 is 0 Å². The lowest BCUT2D eigenvalue weighted by Gasteiger charge is -2.33. The van der Waals surface area contributed by atoms with Crippen LogP contribution < -0.4 is 35.9 Å². The number of hydrogen-bond acceptors (Lipinski definition) is 9. The van der Waals surface area contributed by atoms with E-state index in [9.17, 15) is 14.4 Å². The summed E-state index contributed by atoms with van der Waals surface area (Å²) >= 11 is 0.739. The minimum Gasteiger partial charge on any atom is -0.497 e. The van der Waals surface area contributed by atoms with Gasteiger partial charge in [-0.3, -0.25) is 19.3 Å². The van der Waals surface area contributed by atoms with Crippen molar-refractivity contribution in [3.05, 3.63) is 58.6 Å². The molecule has 1 heterocycles. The molecule has 11 nitrogen and oxygen atoms in total. The molecule has 12 heteroatoms. The number of carbonyl (C=O) groups excluding carboxylic acids is 3. The summed E-state index contributed by atoms with van der Waals surface area (Å²) in [5.74, 6) is -0.493. The number of primary amides is 1. The van der Waals surface area contributed by atoms with E-state index >= 15 is 0 Å². The number of nitrogens with one attached hydrogen (secondary N) is 1. The van der Waals surface area contributed by atoms with Crippen molar-refractivity contribution < 1.29 is 28.6 Å². The SMILES string of the molecule is COc1ccc(N(C(=O)c2snc(C(N)=O)c2N)[C@@H](C(=O)NC2CCCC2)c2cc(OC)ccc2OC)cc1. The van der Waals surface area contributed by atoms with E-state index in [-0.39, 0.29) is 22.3 Å². The van der Waals surface area contributed by atoms with E-state index in [4.69, 9.17) is 25.7 Å². The van der Waals surface area contributed by atoms with Crippen molar-refractivity contribution in [2.45, 2.75) is 37.8 Å². The fourth-order valence-corrected chi connectivity index (χ4v) is 5.41. The molecule has 1 atom stereocenters. The Kier molecular flexibility index (Phi) is 8.55. The van der Waals surface area contributed by atoms with Crippen LogP contribution in [0.4, 0.5) is 11.4 Å². The van der Waals surface area contributed by atoms with Crippen LogP contribution in [-0.2, 0) is 4.79 Å². The van der Waals surface area contributed by atoms with Gasteiger partial charge in [-0.25, -0.2) is 0 Å². The summed E-state index contributed by atoms with van der Waals surface area (Å²) < 4.78 is 20.3. The van der Waals surface area contributed by atoms with E-state index in [1.165, 1.54) is 26.2 Å².